The molecular formula is C28H28F4N2O6. The van der Waals surface area contributed by atoms with Gasteiger partial charge in [0.05, 0.1) is 24.9 Å². The number of pyridine rings is 1. The van der Waals surface area contributed by atoms with Crippen molar-refractivity contribution in [1.82, 2.24) is 4.98 Å². The number of ketones is 1. The first-order valence-electron chi connectivity index (χ1n) is 12.3. The van der Waals surface area contributed by atoms with Crippen molar-refractivity contribution in [1.29, 1.82) is 0 Å². The van der Waals surface area contributed by atoms with Crippen LogP contribution in [-0.4, -0.2) is 54.1 Å². The van der Waals surface area contributed by atoms with Crippen LogP contribution in [0.4, 0.5) is 17.6 Å². The Bertz CT molecular complexity index is 1390. The summed E-state index contributed by atoms with van der Waals surface area (Å²) in [7, 11) is 1.32. The Kier molecular flexibility index (Phi) is 8.06. The zero-order chi connectivity index (χ0) is 29.3. The summed E-state index contributed by atoms with van der Waals surface area (Å²) in [6, 6.07) is 10.00. The zero-order valence-corrected chi connectivity index (χ0v) is 21.7. The molecule has 0 spiro atoms. The summed E-state index contributed by atoms with van der Waals surface area (Å²) in [5, 5.41) is 20.1. The number of nitrogens with two attached hydrogens (primary N) is 1. The highest BCUT2D eigenvalue weighted by molar-refractivity contribution is 5.96. The minimum absolute atomic E-state index is 0.0250. The largest absolute Gasteiger partial charge is 0.493 e. The highest BCUT2D eigenvalue weighted by atomic mass is 19.4. The number of Topliss-reactive ketones (excluding diaryl/α,β-unsaturated/α-hetero) is 1. The van der Waals surface area contributed by atoms with Gasteiger partial charge >= 0.3 is 6.18 Å². The van der Waals surface area contributed by atoms with Gasteiger partial charge in [-0.05, 0) is 61.9 Å². The minimum Gasteiger partial charge on any atom is -0.493 e. The second-order valence-corrected chi connectivity index (χ2v) is 9.66. The van der Waals surface area contributed by atoms with Gasteiger partial charge in [0.25, 0.3) is 0 Å². The van der Waals surface area contributed by atoms with Crippen LogP contribution < -0.4 is 19.9 Å². The van der Waals surface area contributed by atoms with Crippen molar-refractivity contribution < 1.29 is 46.8 Å². The lowest BCUT2D eigenvalue weighted by Crippen LogP contribution is -2.44. The Morgan fingerprint density at radius 1 is 1.15 bits per heavy atom. The number of aliphatic hydroxyl groups is 2. The first kappa shape index (κ1) is 29.2. The summed E-state index contributed by atoms with van der Waals surface area (Å²) in [4.78, 5) is 17.1. The summed E-state index contributed by atoms with van der Waals surface area (Å²) in [6.45, 7) is 1.23. The maximum absolute atomic E-state index is 14.5. The molecular weight excluding hydrogens is 536 g/mol. The van der Waals surface area contributed by atoms with Gasteiger partial charge in [-0.3, -0.25) is 4.79 Å². The van der Waals surface area contributed by atoms with Crippen molar-refractivity contribution in [2.45, 2.75) is 37.1 Å². The fourth-order valence-corrected chi connectivity index (χ4v) is 4.39. The fraction of sp³-hybridized carbons (Fsp3) is 0.357. The van der Waals surface area contributed by atoms with E-state index in [-0.39, 0.29) is 59.5 Å². The SMILES string of the molecule is COc1cc(C(=O)CC[C@](O)(c2cc3c(c(-c4ccc(F)cc4)n2)OC[C@@]3(C)N)C(F)(F)F)ccc1OCCO. The summed E-state index contributed by atoms with van der Waals surface area (Å²) < 4.78 is 73.2. The Balaban J connectivity index is 1.71. The van der Waals surface area contributed by atoms with Crippen molar-refractivity contribution in [2.24, 2.45) is 5.73 Å². The lowest BCUT2D eigenvalue weighted by molar-refractivity contribution is -0.270. The van der Waals surface area contributed by atoms with E-state index in [1.807, 2.05) is 0 Å². The number of carbonyl (C=O) groups is 1. The van der Waals surface area contributed by atoms with E-state index >= 15 is 0 Å². The molecule has 2 aromatic carbocycles. The molecule has 40 heavy (non-hydrogen) atoms. The molecule has 0 amide bonds. The molecule has 214 valence electrons. The third-order valence-electron chi connectivity index (χ3n) is 6.66. The van der Waals surface area contributed by atoms with Gasteiger partial charge in [-0.2, -0.15) is 13.2 Å². The van der Waals surface area contributed by atoms with Crippen LogP contribution in [0.2, 0.25) is 0 Å². The maximum Gasteiger partial charge on any atom is 0.422 e. The van der Waals surface area contributed by atoms with Crippen LogP contribution in [0.3, 0.4) is 0 Å². The molecule has 0 bridgehead atoms. The number of aliphatic hydroxyl groups excluding tert-OH is 1. The predicted octanol–water partition coefficient (Wildman–Crippen LogP) is 4.25. The summed E-state index contributed by atoms with van der Waals surface area (Å²) in [5.74, 6) is -0.728. The third kappa shape index (κ3) is 5.60. The number of nitrogens with zero attached hydrogens (tertiary/aromatic N) is 1. The molecule has 0 saturated carbocycles. The van der Waals surface area contributed by atoms with Crippen molar-refractivity contribution in [2.75, 3.05) is 26.9 Å². The van der Waals surface area contributed by atoms with Crippen molar-refractivity contribution in [3.63, 3.8) is 0 Å². The van der Waals surface area contributed by atoms with E-state index in [0.29, 0.717) is 0 Å². The number of rotatable bonds is 10. The first-order valence-corrected chi connectivity index (χ1v) is 12.3. The molecule has 2 heterocycles. The summed E-state index contributed by atoms with van der Waals surface area (Å²) >= 11 is 0. The van der Waals surface area contributed by atoms with Gasteiger partial charge in [-0.15, -0.1) is 0 Å². The quantitative estimate of drug-likeness (QED) is 0.247. The van der Waals surface area contributed by atoms with Crippen LogP contribution in [0.5, 0.6) is 17.2 Å². The van der Waals surface area contributed by atoms with Gasteiger partial charge in [-0.1, -0.05) is 0 Å². The summed E-state index contributed by atoms with van der Waals surface area (Å²) in [6.07, 6.45) is -6.97. The molecule has 12 heteroatoms. The van der Waals surface area contributed by atoms with Crippen molar-refractivity contribution in [3.05, 3.63) is 71.2 Å². The number of carbonyl (C=O) groups excluding carboxylic acids is 1. The summed E-state index contributed by atoms with van der Waals surface area (Å²) in [5.41, 5.74) is 1.24. The minimum atomic E-state index is -5.22. The molecule has 1 aliphatic rings. The average molecular weight is 565 g/mol. The van der Waals surface area contributed by atoms with E-state index < -0.39 is 47.5 Å². The van der Waals surface area contributed by atoms with E-state index in [4.69, 9.17) is 25.1 Å². The Morgan fingerprint density at radius 3 is 2.48 bits per heavy atom. The van der Waals surface area contributed by atoms with E-state index in [0.717, 1.165) is 18.2 Å². The number of ether oxygens (including phenoxy) is 3. The van der Waals surface area contributed by atoms with Crippen molar-refractivity contribution >= 4 is 5.78 Å². The van der Waals surface area contributed by atoms with Gasteiger partial charge in [-0.25, -0.2) is 9.37 Å². The second-order valence-electron chi connectivity index (χ2n) is 9.66. The van der Waals surface area contributed by atoms with Crippen LogP contribution in [0.25, 0.3) is 11.3 Å². The topological polar surface area (TPSA) is 124 Å². The normalized spacial score (nSPS) is 18.0. The Hall–Kier alpha value is -3.74. The van der Waals surface area contributed by atoms with Gasteiger partial charge < -0.3 is 30.2 Å². The monoisotopic (exact) mass is 564 g/mol. The van der Waals surface area contributed by atoms with Crippen molar-refractivity contribution in [3.8, 4) is 28.5 Å². The van der Waals surface area contributed by atoms with Crippen LogP contribution in [0.15, 0.2) is 48.5 Å². The number of hydrogen-bond acceptors (Lipinski definition) is 8. The standard InChI is InChI=1S/C28H28F4N2O6/c1-26(33)15-40-25-19(26)14-23(34-24(25)16-3-6-18(29)7-4-16)27(37,28(30,31)32)10-9-20(36)17-5-8-21(39-12-11-35)22(13-17)38-2/h3-8,13-14,35,37H,9-12,15,33H2,1-2H3/t26-,27+/m1/s1. The van der Waals surface area contributed by atoms with Gasteiger partial charge in [0, 0.05) is 23.1 Å². The Morgan fingerprint density at radius 2 is 1.85 bits per heavy atom. The number of hydrogen-bond donors (Lipinski definition) is 3. The van der Waals surface area contributed by atoms with E-state index in [9.17, 15) is 27.5 Å². The molecule has 3 aromatic rings. The molecule has 0 unspecified atom stereocenters. The first-order chi connectivity index (χ1) is 18.8. The number of fused-ring (bicyclic) bond motifs is 1. The number of methoxy groups -OCH3 is 1. The molecule has 1 aromatic heterocycles. The molecule has 0 aliphatic carbocycles. The van der Waals surface area contributed by atoms with Crippen LogP contribution in [-0.2, 0) is 11.1 Å². The van der Waals surface area contributed by atoms with Gasteiger partial charge in [0.15, 0.2) is 23.0 Å². The molecule has 8 nitrogen and oxygen atoms in total. The number of benzene rings is 2. The number of alkyl halides is 3. The second kappa shape index (κ2) is 11.0. The Labute approximate surface area is 227 Å². The van der Waals surface area contributed by atoms with Gasteiger partial charge in [0.1, 0.15) is 24.7 Å². The fourth-order valence-electron chi connectivity index (χ4n) is 4.39. The van der Waals surface area contributed by atoms with E-state index in [1.54, 1.807) is 6.92 Å². The third-order valence-corrected chi connectivity index (χ3v) is 6.66. The predicted molar refractivity (Wildman–Crippen MR) is 136 cm³/mol. The lowest BCUT2D eigenvalue weighted by Gasteiger charge is -2.31. The molecule has 0 saturated heterocycles. The number of halogens is 4. The highest BCUT2D eigenvalue weighted by Gasteiger charge is 2.56. The number of aromatic nitrogens is 1. The van der Waals surface area contributed by atoms with Crippen LogP contribution >= 0.6 is 0 Å². The lowest BCUT2D eigenvalue weighted by atomic mass is 9.86. The molecule has 1 aliphatic heterocycles. The highest BCUT2D eigenvalue weighted by Crippen LogP contribution is 2.48. The molecule has 4 rings (SSSR count). The zero-order valence-electron chi connectivity index (χ0n) is 21.7. The average Bonchev–Trinajstić information content (AvgIpc) is 3.23. The molecule has 2 atom stereocenters. The van der Waals surface area contributed by atoms with Gasteiger partial charge in [0.2, 0.25) is 5.60 Å². The smallest absolute Gasteiger partial charge is 0.422 e. The van der Waals surface area contributed by atoms with Crippen LogP contribution in [0, 0.1) is 5.82 Å². The maximum atomic E-state index is 14.5. The van der Waals surface area contributed by atoms with E-state index in [2.05, 4.69) is 4.98 Å². The molecule has 0 fully saturated rings. The van der Waals surface area contributed by atoms with Crippen LogP contribution in [0.1, 0.15) is 41.4 Å². The van der Waals surface area contributed by atoms with E-state index in [1.165, 1.54) is 37.4 Å². The molecule has 4 N–H and O–H groups in total. The molecule has 0 radical (unpaired) electrons.